The number of nitrogens with one attached hydrogen (secondary N) is 1. The van der Waals surface area contributed by atoms with Gasteiger partial charge in [-0.25, -0.2) is 4.98 Å². The van der Waals surface area contributed by atoms with Gasteiger partial charge in [0.2, 0.25) is 5.95 Å². The number of hydrogen-bond acceptors (Lipinski definition) is 5. The van der Waals surface area contributed by atoms with Gasteiger partial charge in [-0.15, -0.1) is 0 Å². The Labute approximate surface area is 150 Å². The first-order valence-electron chi connectivity index (χ1n) is 9.09. The van der Waals surface area contributed by atoms with Crippen molar-refractivity contribution < 1.29 is 5.11 Å². The van der Waals surface area contributed by atoms with Crippen LogP contribution in [0.1, 0.15) is 44.0 Å². The first kappa shape index (κ1) is 17.7. The molecule has 0 bridgehead atoms. The highest BCUT2D eigenvalue weighted by molar-refractivity contribution is 5.50. The van der Waals surface area contributed by atoms with Crippen LogP contribution in [-0.4, -0.2) is 34.8 Å². The third-order valence-electron chi connectivity index (χ3n) is 4.76. The summed E-state index contributed by atoms with van der Waals surface area (Å²) in [5.74, 6) is 1.63. The number of hydrogen-bond donors (Lipinski definition) is 2. The van der Waals surface area contributed by atoms with Crippen LogP contribution >= 0.6 is 0 Å². The number of aliphatic hydroxyl groups is 1. The Morgan fingerprint density at radius 2 is 2.04 bits per heavy atom. The maximum absolute atomic E-state index is 8.97. The van der Waals surface area contributed by atoms with Crippen LogP contribution in [0.3, 0.4) is 0 Å². The molecule has 3 rings (SSSR count). The Balaban J connectivity index is 1.90. The second kappa shape index (κ2) is 7.40. The van der Waals surface area contributed by atoms with E-state index in [1.54, 1.807) is 0 Å². The zero-order chi connectivity index (χ0) is 17.9. The smallest absolute Gasteiger partial charge is 0.224 e. The first-order valence-corrected chi connectivity index (χ1v) is 9.09. The number of aryl methyl sites for hydroxylation is 1. The number of anilines is 2. The van der Waals surface area contributed by atoms with Crippen molar-refractivity contribution in [3.63, 3.8) is 0 Å². The Kier molecular flexibility index (Phi) is 5.23. The second-order valence-electron chi connectivity index (χ2n) is 7.30. The van der Waals surface area contributed by atoms with Crippen LogP contribution < -0.4 is 10.2 Å². The molecule has 1 aromatic carbocycles. The summed E-state index contributed by atoms with van der Waals surface area (Å²) in [6, 6.07) is 10.8. The number of aromatic nitrogens is 2. The molecule has 2 aromatic rings. The highest BCUT2D eigenvalue weighted by Crippen LogP contribution is 2.35. The molecule has 0 saturated carbocycles. The van der Waals surface area contributed by atoms with Gasteiger partial charge in [0.25, 0.3) is 0 Å². The molecule has 0 aliphatic carbocycles. The Bertz CT molecular complexity index is 729. The summed E-state index contributed by atoms with van der Waals surface area (Å²) in [5.41, 5.74) is 3.91. The molecule has 0 spiro atoms. The predicted octanol–water partition coefficient (Wildman–Crippen LogP) is 3.13. The minimum absolute atomic E-state index is 0.0800. The fourth-order valence-corrected chi connectivity index (χ4v) is 3.49. The fourth-order valence-electron chi connectivity index (χ4n) is 3.49. The molecule has 134 valence electrons. The van der Waals surface area contributed by atoms with Crippen LogP contribution in [-0.2, 0) is 18.4 Å². The summed E-state index contributed by atoms with van der Waals surface area (Å²) < 4.78 is 0. The van der Waals surface area contributed by atoms with Crippen LogP contribution in [0, 0.1) is 0 Å². The van der Waals surface area contributed by atoms with Crippen molar-refractivity contribution in [3.05, 3.63) is 47.2 Å². The number of rotatable bonds is 6. The number of fused-ring (bicyclic) bond motifs is 1. The van der Waals surface area contributed by atoms with Crippen molar-refractivity contribution in [3.8, 4) is 0 Å². The van der Waals surface area contributed by atoms with E-state index in [-0.39, 0.29) is 12.0 Å². The topological polar surface area (TPSA) is 61.3 Å². The standard InChI is InChI=1S/C20H28N4O/c1-4-16-12-18(23-19(22-16)21-10-7-11-25)24-13-15-8-5-6-9-17(15)20(2,3)14-24/h5-6,8-9,12,25H,4,7,10-11,13-14H2,1-3H3,(H,21,22,23). The van der Waals surface area contributed by atoms with Gasteiger partial charge in [-0.05, 0) is 24.0 Å². The fraction of sp³-hybridized carbons (Fsp3) is 0.500. The largest absolute Gasteiger partial charge is 0.396 e. The maximum atomic E-state index is 8.97. The lowest BCUT2D eigenvalue weighted by molar-refractivity contribution is 0.292. The van der Waals surface area contributed by atoms with Crippen LogP contribution in [0.4, 0.5) is 11.8 Å². The average Bonchev–Trinajstić information content (AvgIpc) is 2.61. The van der Waals surface area contributed by atoms with Crippen LogP contribution in [0.5, 0.6) is 0 Å². The minimum Gasteiger partial charge on any atom is -0.396 e. The second-order valence-corrected chi connectivity index (χ2v) is 7.30. The molecular weight excluding hydrogens is 312 g/mol. The zero-order valence-electron chi connectivity index (χ0n) is 15.4. The lowest BCUT2D eigenvalue weighted by atomic mass is 9.78. The van der Waals surface area contributed by atoms with E-state index < -0.39 is 0 Å². The molecular formula is C20H28N4O. The van der Waals surface area contributed by atoms with E-state index in [2.05, 4.69) is 66.3 Å². The molecule has 25 heavy (non-hydrogen) atoms. The van der Waals surface area contributed by atoms with Gasteiger partial charge in [-0.3, -0.25) is 0 Å². The Morgan fingerprint density at radius 1 is 1.24 bits per heavy atom. The molecule has 1 aliphatic heterocycles. The number of aliphatic hydroxyl groups excluding tert-OH is 1. The van der Waals surface area contributed by atoms with Gasteiger partial charge in [0.05, 0.1) is 0 Å². The summed E-state index contributed by atoms with van der Waals surface area (Å²) in [7, 11) is 0. The molecule has 0 fully saturated rings. The van der Waals surface area contributed by atoms with Gasteiger partial charge >= 0.3 is 0 Å². The predicted molar refractivity (Wildman–Crippen MR) is 102 cm³/mol. The molecule has 0 unspecified atom stereocenters. The van der Waals surface area contributed by atoms with E-state index in [9.17, 15) is 0 Å². The molecule has 0 radical (unpaired) electrons. The van der Waals surface area contributed by atoms with E-state index in [1.165, 1.54) is 11.1 Å². The average molecular weight is 340 g/mol. The third kappa shape index (κ3) is 3.93. The van der Waals surface area contributed by atoms with Crippen LogP contribution in [0.25, 0.3) is 0 Å². The first-order chi connectivity index (χ1) is 12.0. The van der Waals surface area contributed by atoms with Crippen molar-refractivity contribution in [2.45, 2.75) is 45.6 Å². The molecule has 0 atom stereocenters. The van der Waals surface area contributed by atoms with Gasteiger partial charge in [-0.2, -0.15) is 4.98 Å². The van der Waals surface area contributed by atoms with Crippen molar-refractivity contribution in [2.75, 3.05) is 29.9 Å². The number of nitrogens with zero attached hydrogens (tertiary/aromatic N) is 3. The number of benzene rings is 1. The SMILES string of the molecule is CCc1cc(N2Cc3ccccc3C(C)(C)C2)nc(NCCCO)n1. The minimum atomic E-state index is 0.0800. The monoisotopic (exact) mass is 340 g/mol. The third-order valence-corrected chi connectivity index (χ3v) is 4.76. The summed E-state index contributed by atoms with van der Waals surface area (Å²) >= 11 is 0. The molecule has 0 amide bonds. The molecule has 2 N–H and O–H groups in total. The van der Waals surface area contributed by atoms with E-state index >= 15 is 0 Å². The normalized spacial score (nSPS) is 15.8. The van der Waals surface area contributed by atoms with Crippen molar-refractivity contribution in [1.29, 1.82) is 0 Å². The molecule has 5 heteroatoms. The zero-order valence-corrected chi connectivity index (χ0v) is 15.4. The maximum Gasteiger partial charge on any atom is 0.224 e. The van der Waals surface area contributed by atoms with E-state index in [0.717, 1.165) is 31.0 Å². The van der Waals surface area contributed by atoms with Crippen molar-refractivity contribution in [1.82, 2.24) is 9.97 Å². The summed E-state index contributed by atoms with van der Waals surface area (Å²) in [5, 5.41) is 12.2. The molecule has 0 saturated heterocycles. The lowest BCUT2D eigenvalue weighted by Crippen LogP contribution is -2.42. The van der Waals surface area contributed by atoms with E-state index in [4.69, 9.17) is 10.1 Å². The summed E-state index contributed by atoms with van der Waals surface area (Å²) in [4.78, 5) is 11.7. The molecule has 2 heterocycles. The molecule has 1 aliphatic rings. The molecule has 1 aromatic heterocycles. The molecule has 5 nitrogen and oxygen atoms in total. The summed E-state index contributed by atoms with van der Waals surface area (Å²) in [6.45, 7) is 9.34. The van der Waals surface area contributed by atoms with Gasteiger partial charge < -0.3 is 15.3 Å². The van der Waals surface area contributed by atoms with Gasteiger partial charge in [0.15, 0.2) is 0 Å². The summed E-state index contributed by atoms with van der Waals surface area (Å²) in [6.07, 6.45) is 1.57. The van der Waals surface area contributed by atoms with Crippen molar-refractivity contribution in [2.24, 2.45) is 0 Å². The van der Waals surface area contributed by atoms with Crippen LogP contribution in [0.15, 0.2) is 30.3 Å². The van der Waals surface area contributed by atoms with Crippen molar-refractivity contribution >= 4 is 11.8 Å². The Morgan fingerprint density at radius 3 is 2.80 bits per heavy atom. The van der Waals surface area contributed by atoms with E-state index in [1.807, 2.05) is 0 Å². The highest BCUT2D eigenvalue weighted by atomic mass is 16.3. The van der Waals surface area contributed by atoms with Gasteiger partial charge in [-0.1, -0.05) is 45.0 Å². The quantitative estimate of drug-likeness (QED) is 0.791. The lowest BCUT2D eigenvalue weighted by Gasteiger charge is -2.40. The van der Waals surface area contributed by atoms with Gasteiger partial charge in [0.1, 0.15) is 5.82 Å². The van der Waals surface area contributed by atoms with Gasteiger partial charge in [0, 0.05) is 43.4 Å². The highest BCUT2D eigenvalue weighted by Gasteiger charge is 2.32. The van der Waals surface area contributed by atoms with Crippen LogP contribution in [0.2, 0.25) is 0 Å². The Hall–Kier alpha value is -2.14. The van der Waals surface area contributed by atoms with E-state index in [0.29, 0.717) is 18.9 Å².